The van der Waals surface area contributed by atoms with E-state index in [4.69, 9.17) is 4.74 Å². The summed E-state index contributed by atoms with van der Waals surface area (Å²) in [5.74, 6) is -0.756. The van der Waals surface area contributed by atoms with Gasteiger partial charge in [-0.2, -0.15) is 0 Å². The van der Waals surface area contributed by atoms with Gasteiger partial charge < -0.3 is 4.74 Å². The number of nitro benzene ring substituents is 2. The Kier molecular flexibility index (Phi) is 5.90. The Labute approximate surface area is 194 Å². The van der Waals surface area contributed by atoms with E-state index in [1.165, 1.54) is 54.1 Å². The average Bonchev–Trinajstić information content (AvgIpc) is 3.12. The predicted molar refractivity (Wildman–Crippen MR) is 122 cm³/mol. The van der Waals surface area contributed by atoms with E-state index in [0.29, 0.717) is 5.56 Å². The van der Waals surface area contributed by atoms with Crippen molar-refractivity contribution in [1.29, 1.82) is 0 Å². The van der Waals surface area contributed by atoms with Crippen LogP contribution in [0.25, 0.3) is 6.08 Å². The van der Waals surface area contributed by atoms with Gasteiger partial charge in [-0.15, -0.1) is 0 Å². The maximum Gasteiger partial charge on any atom is 0.338 e. The number of esters is 1. The molecule has 1 aliphatic rings. The molecule has 1 aromatic heterocycles. The van der Waals surface area contributed by atoms with Crippen LogP contribution in [0.3, 0.4) is 0 Å². The van der Waals surface area contributed by atoms with Crippen LogP contribution in [-0.2, 0) is 9.53 Å². The number of carbonyl (C=O) groups is 1. The number of allylic oxidation sites excluding steroid dienone is 1. The Bertz CT molecular complexity index is 1550. The molecule has 1 aliphatic heterocycles. The molecule has 0 saturated heterocycles. The lowest BCUT2D eigenvalue weighted by Gasteiger charge is -2.24. The minimum absolute atomic E-state index is 0.0195. The highest BCUT2D eigenvalue weighted by molar-refractivity contribution is 7.07. The quantitative estimate of drug-likeness (QED) is 0.309. The van der Waals surface area contributed by atoms with Crippen molar-refractivity contribution in [2.45, 2.75) is 13.0 Å². The van der Waals surface area contributed by atoms with E-state index in [1.807, 2.05) is 0 Å². The van der Waals surface area contributed by atoms with E-state index in [0.717, 1.165) is 11.3 Å². The van der Waals surface area contributed by atoms with Crippen LogP contribution in [0.5, 0.6) is 0 Å². The highest BCUT2D eigenvalue weighted by Crippen LogP contribution is 2.35. The Hall–Kier alpha value is -4.45. The third-order valence-corrected chi connectivity index (χ3v) is 6.24. The first-order chi connectivity index (χ1) is 16.2. The summed E-state index contributed by atoms with van der Waals surface area (Å²) < 4.78 is 6.38. The molecule has 0 spiro atoms. The molecule has 12 heteroatoms. The number of nitrogens with zero attached hydrogens (tertiary/aromatic N) is 4. The molecule has 0 aliphatic carbocycles. The monoisotopic (exact) mass is 480 g/mol. The molecule has 0 N–H and O–H groups in total. The molecule has 2 aromatic carbocycles. The molecule has 172 valence electrons. The molecule has 3 aromatic rings. The number of methoxy groups -OCH3 is 1. The molecule has 0 saturated carbocycles. The normalized spacial score (nSPS) is 15.5. The fraction of sp³-hybridized carbons (Fsp3) is 0.136. The Morgan fingerprint density at radius 1 is 1.12 bits per heavy atom. The SMILES string of the molecule is COC(=O)C1=C(C)N=c2sc(=Cc3ccc([N+](=O)[O-])cc3)c(=O)n2C1c1ccccc1[N+](=O)[O-]. The Morgan fingerprint density at radius 2 is 1.79 bits per heavy atom. The van der Waals surface area contributed by atoms with Gasteiger partial charge in [-0.1, -0.05) is 23.5 Å². The third-order valence-electron chi connectivity index (χ3n) is 5.26. The van der Waals surface area contributed by atoms with Crippen LogP contribution in [0.4, 0.5) is 11.4 Å². The summed E-state index contributed by atoms with van der Waals surface area (Å²) in [6, 6.07) is 10.4. The number of carbonyl (C=O) groups excluding carboxylic acids is 1. The van der Waals surface area contributed by atoms with Crippen molar-refractivity contribution >= 4 is 34.8 Å². The van der Waals surface area contributed by atoms with Crippen molar-refractivity contribution in [2.75, 3.05) is 7.11 Å². The first kappa shape index (κ1) is 22.7. The second kappa shape index (κ2) is 8.83. The number of non-ortho nitro benzene ring substituents is 1. The van der Waals surface area contributed by atoms with Crippen molar-refractivity contribution in [3.63, 3.8) is 0 Å². The summed E-state index contributed by atoms with van der Waals surface area (Å²) in [6.45, 7) is 1.57. The summed E-state index contributed by atoms with van der Waals surface area (Å²) >= 11 is 1.04. The number of ether oxygens (including phenoxy) is 1. The van der Waals surface area contributed by atoms with Crippen LogP contribution < -0.4 is 14.9 Å². The van der Waals surface area contributed by atoms with E-state index in [1.54, 1.807) is 19.1 Å². The smallest absolute Gasteiger partial charge is 0.338 e. The van der Waals surface area contributed by atoms with Crippen LogP contribution in [0.2, 0.25) is 0 Å². The van der Waals surface area contributed by atoms with Gasteiger partial charge in [0.25, 0.3) is 16.9 Å². The number of fused-ring (bicyclic) bond motifs is 1. The van der Waals surface area contributed by atoms with Crippen LogP contribution in [0.1, 0.15) is 24.1 Å². The molecule has 4 rings (SSSR count). The minimum Gasteiger partial charge on any atom is -0.466 e. The third kappa shape index (κ3) is 3.90. The number of benzene rings is 2. The molecule has 0 bridgehead atoms. The van der Waals surface area contributed by atoms with Gasteiger partial charge in [0.05, 0.1) is 38.3 Å². The van der Waals surface area contributed by atoms with E-state index in [9.17, 15) is 29.8 Å². The van der Waals surface area contributed by atoms with Gasteiger partial charge in [-0.3, -0.25) is 29.6 Å². The number of rotatable bonds is 5. The van der Waals surface area contributed by atoms with Gasteiger partial charge >= 0.3 is 5.97 Å². The lowest BCUT2D eigenvalue weighted by Crippen LogP contribution is -2.40. The summed E-state index contributed by atoms with van der Waals surface area (Å²) in [7, 11) is 1.18. The number of aromatic nitrogens is 1. The van der Waals surface area contributed by atoms with Crippen LogP contribution in [0.15, 0.2) is 69.6 Å². The summed E-state index contributed by atoms with van der Waals surface area (Å²) in [6.07, 6.45) is 1.54. The Balaban J connectivity index is 1.98. The van der Waals surface area contributed by atoms with Crippen molar-refractivity contribution in [2.24, 2.45) is 4.99 Å². The Morgan fingerprint density at radius 3 is 2.41 bits per heavy atom. The fourth-order valence-electron chi connectivity index (χ4n) is 3.72. The van der Waals surface area contributed by atoms with E-state index >= 15 is 0 Å². The topological polar surface area (TPSA) is 147 Å². The fourth-order valence-corrected chi connectivity index (χ4v) is 4.76. The van der Waals surface area contributed by atoms with Crippen molar-refractivity contribution in [1.82, 2.24) is 4.57 Å². The van der Waals surface area contributed by atoms with Gasteiger partial charge in [0.15, 0.2) is 4.80 Å². The zero-order chi connectivity index (χ0) is 24.6. The van der Waals surface area contributed by atoms with Gasteiger partial charge in [-0.25, -0.2) is 9.79 Å². The van der Waals surface area contributed by atoms with E-state index in [2.05, 4.69) is 4.99 Å². The summed E-state index contributed by atoms with van der Waals surface area (Å²) in [4.78, 5) is 52.3. The second-order valence-corrected chi connectivity index (χ2v) is 8.25. The molecule has 2 heterocycles. The van der Waals surface area contributed by atoms with Crippen molar-refractivity contribution in [3.8, 4) is 0 Å². The molecule has 11 nitrogen and oxygen atoms in total. The number of nitro groups is 2. The standard InChI is InChI=1S/C22H16N4O7S/c1-12-18(21(28)33-2)19(15-5-3-4-6-16(15)26(31)32)24-20(27)17(34-22(24)23-12)11-13-7-9-14(10-8-13)25(29)30/h3-11,19H,1-2H3. The number of hydrogen-bond acceptors (Lipinski definition) is 9. The molecule has 1 atom stereocenters. The molecular formula is C22H16N4O7S. The van der Waals surface area contributed by atoms with Gasteiger partial charge in [0.2, 0.25) is 0 Å². The average molecular weight is 480 g/mol. The number of hydrogen-bond donors (Lipinski definition) is 0. The molecule has 0 fully saturated rings. The second-order valence-electron chi connectivity index (χ2n) is 7.24. The van der Waals surface area contributed by atoms with E-state index in [-0.39, 0.29) is 37.5 Å². The minimum atomic E-state index is -1.12. The summed E-state index contributed by atoms with van der Waals surface area (Å²) in [5, 5.41) is 22.6. The van der Waals surface area contributed by atoms with Gasteiger partial charge in [0.1, 0.15) is 6.04 Å². The van der Waals surface area contributed by atoms with Crippen molar-refractivity contribution < 1.29 is 19.4 Å². The number of thiazole rings is 1. The zero-order valence-corrected chi connectivity index (χ0v) is 18.6. The molecule has 0 amide bonds. The maximum atomic E-state index is 13.5. The molecule has 0 radical (unpaired) electrons. The first-order valence-corrected chi connectivity index (χ1v) is 10.6. The van der Waals surface area contributed by atoms with Crippen LogP contribution in [0, 0.1) is 20.2 Å². The van der Waals surface area contributed by atoms with Gasteiger partial charge in [0, 0.05) is 18.2 Å². The van der Waals surface area contributed by atoms with Crippen LogP contribution >= 0.6 is 11.3 Å². The highest BCUT2D eigenvalue weighted by Gasteiger charge is 2.36. The number of para-hydroxylation sites is 1. The molecule has 1 unspecified atom stereocenters. The lowest BCUT2D eigenvalue weighted by atomic mass is 9.94. The van der Waals surface area contributed by atoms with E-state index < -0.39 is 27.4 Å². The predicted octanol–water partition coefficient (Wildman–Crippen LogP) is 2.22. The molecular weight excluding hydrogens is 464 g/mol. The summed E-state index contributed by atoms with van der Waals surface area (Å²) in [5.41, 5.74) is 0.123. The van der Waals surface area contributed by atoms with Crippen LogP contribution in [-0.4, -0.2) is 27.5 Å². The van der Waals surface area contributed by atoms with Crippen molar-refractivity contribution in [3.05, 3.63) is 111 Å². The largest absolute Gasteiger partial charge is 0.466 e. The zero-order valence-electron chi connectivity index (χ0n) is 17.8. The first-order valence-electron chi connectivity index (χ1n) is 9.81. The maximum absolute atomic E-state index is 13.5. The van der Waals surface area contributed by atoms with Gasteiger partial charge in [-0.05, 0) is 36.8 Å². The molecule has 34 heavy (non-hydrogen) atoms. The highest BCUT2D eigenvalue weighted by atomic mass is 32.1. The lowest BCUT2D eigenvalue weighted by molar-refractivity contribution is -0.385.